The van der Waals surface area contributed by atoms with Gasteiger partial charge in [0, 0.05) is 51.0 Å². The third-order valence-electron chi connectivity index (χ3n) is 6.43. The molecular formula is C23H28N4O3S. The van der Waals surface area contributed by atoms with Crippen LogP contribution in [0.3, 0.4) is 0 Å². The first-order chi connectivity index (χ1) is 15.2. The summed E-state index contributed by atoms with van der Waals surface area (Å²) in [5.74, 6) is 2.03. The molecule has 2 aromatic rings. The van der Waals surface area contributed by atoms with Crippen LogP contribution in [0.1, 0.15) is 28.5 Å². The van der Waals surface area contributed by atoms with Crippen molar-refractivity contribution < 1.29 is 9.53 Å². The van der Waals surface area contributed by atoms with Crippen molar-refractivity contribution in [3.8, 4) is 0 Å². The van der Waals surface area contributed by atoms with Crippen LogP contribution < -0.4 is 5.56 Å². The Morgan fingerprint density at radius 2 is 1.94 bits per heavy atom. The zero-order chi connectivity index (χ0) is 21.2. The minimum atomic E-state index is -0.479. The number of nitrogens with zero attached hydrogens (tertiary/aromatic N) is 4. The van der Waals surface area contributed by atoms with E-state index in [0.29, 0.717) is 26.2 Å². The van der Waals surface area contributed by atoms with Crippen LogP contribution in [0.4, 0.5) is 0 Å². The number of amides is 1. The highest BCUT2D eigenvalue weighted by molar-refractivity contribution is 7.98. The quantitative estimate of drug-likeness (QED) is 0.718. The Morgan fingerprint density at radius 3 is 2.81 bits per heavy atom. The summed E-state index contributed by atoms with van der Waals surface area (Å²) in [6, 6.07) is 9.85. The minimum absolute atomic E-state index is 0.0109. The van der Waals surface area contributed by atoms with E-state index in [1.165, 1.54) is 5.56 Å². The molecule has 0 saturated carbocycles. The second-order valence-electron chi connectivity index (χ2n) is 8.35. The summed E-state index contributed by atoms with van der Waals surface area (Å²) in [5.41, 5.74) is 4.38. The highest BCUT2D eigenvalue weighted by atomic mass is 32.2. The molecular weight excluding hydrogens is 412 g/mol. The molecule has 164 valence electrons. The summed E-state index contributed by atoms with van der Waals surface area (Å²) in [6.45, 7) is 4.92. The van der Waals surface area contributed by atoms with Gasteiger partial charge in [0.25, 0.3) is 11.5 Å². The number of thioether (sulfide) groups is 1. The van der Waals surface area contributed by atoms with Crippen molar-refractivity contribution in [1.82, 2.24) is 19.6 Å². The topological polar surface area (TPSA) is 67.7 Å². The van der Waals surface area contributed by atoms with E-state index in [4.69, 9.17) is 4.74 Å². The molecule has 1 aromatic carbocycles. The highest BCUT2D eigenvalue weighted by Gasteiger charge is 2.32. The van der Waals surface area contributed by atoms with E-state index in [0.717, 1.165) is 60.8 Å². The minimum Gasteiger partial charge on any atom is -0.363 e. The standard InChI is InChI=1S/C23H28N4O3S/c28-21-15-18-16-31-14-6-20(18)24-27(21)12-9-25-7-10-26(11-8-25)23(29)22-19-4-2-1-3-17(19)5-13-30-22/h1-4,15,22H,5-14,16H2. The Morgan fingerprint density at radius 1 is 1.10 bits per heavy atom. The molecule has 1 fully saturated rings. The first-order valence-corrected chi connectivity index (χ1v) is 12.2. The molecule has 0 radical (unpaired) electrons. The number of carbonyl (C=O) groups is 1. The Kier molecular flexibility index (Phi) is 6.11. The van der Waals surface area contributed by atoms with Crippen LogP contribution in [0.2, 0.25) is 0 Å². The largest absolute Gasteiger partial charge is 0.363 e. The van der Waals surface area contributed by atoms with Gasteiger partial charge in [0.2, 0.25) is 0 Å². The van der Waals surface area contributed by atoms with Crippen LogP contribution in [0.25, 0.3) is 0 Å². The van der Waals surface area contributed by atoms with E-state index in [1.807, 2.05) is 34.9 Å². The molecule has 0 bridgehead atoms. The summed E-state index contributed by atoms with van der Waals surface area (Å²) in [5, 5.41) is 4.61. The van der Waals surface area contributed by atoms with Crippen molar-refractivity contribution in [3.05, 3.63) is 63.1 Å². The summed E-state index contributed by atoms with van der Waals surface area (Å²) >= 11 is 1.86. The first-order valence-electron chi connectivity index (χ1n) is 11.1. The van der Waals surface area contributed by atoms with E-state index in [1.54, 1.807) is 10.7 Å². The molecule has 31 heavy (non-hydrogen) atoms. The van der Waals surface area contributed by atoms with Crippen LogP contribution in [-0.4, -0.2) is 70.6 Å². The van der Waals surface area contributed by atoms with Gasteiger partial charge in [0.05, 0.1) is 18.8 Å². The van der Waals surface area contributed by atoms with Crippen molar-refractivity contribution in [2.45, 2.75) is 31.2 Å². The number of piperazine rings is 1. The third kappa shape index (κ3) is 4.42. The van der Waals surface area contributed by atoms with Gasteiger partial charge in [-0.2, -0.15) is 16.9 Å². The molecule has 1 atom stereocenters. The zero-order valence-corrected chi connectivity index (χ0v) is 18.5. The number of rotatable bonds is 4. The van der Waals surface area contributed by atoms with Crippen molar-refractivity contribution in [2.75, 3.05) is 45.1 Å². The summed E-state index contributed by atoms with van der Waals surface area (Å²) in [7, 11) is 0. The fraction of sp³-hybridized carbons (Fsp3) is 0.522. The summed E-state index contributed by atoms with van der Waals surface area (Å²) in [4.78, 5) is 29.7. The number of aryl methyl sites for hydroxylation is 1. The van der Waals surface area contributed by atoms with Gasteiger partial charge in [0.15, 0.2) is 6.10 Å². The second-order valence-corrected chi connectivity index (χ2v) is 9.45. The van der Waals surface area contributed by atoms with Crippen LogP contribution in [-0.2, 0) is 34.7 Å². The predicted octanol–water partition coefficient (Wildman–Crippen LogP) is 1.49. The number of fused-ring (bicyclic) bond motifs is 2. The molecule has 3 aliphatic rings. The van der Waals surface area contributed by atoms with Crippen LogP contribution in [0.5, 0.6) is 0 Å². The lowest BCUT2D eigenvalue weighted by atomic mass is 9.96. The maximum atomic E-state index is 13.1. The Bertz CT molecular complexity index is 1020. The van der Waals surface area contributed by atoms with Crippen molar-refractivity contribution in [2.24, 2.45) is 0 Å². The van der Waals surface area contributed by atoms with E-state index < -0.39 is 6.10 Å². The third-order valence-corrected chi connectivity index (χ3v) is 7.44. The van der Waals surface area contributed by atoms with Gasteiger partial charge in [-0.05, 0) is 28.9 Å². The molecule has 8 heteroatoms. The summed E-state index contributed by atoms with van der Waals surface area (Å²) < 4.78 is 7.47. The van der Waals surface area contributed by atoms with Gasteiger partial charge >= 0.3 is 0 Å². The van der Waals surface area contributed by atoms with Gasteiger partial charge in [0.1, 0.15) is 0 Å². The monoisotopic (exact) mass is 440 g/mol. The average molecular weight is 441 g/mol. The molecule has 0 spiro atoms. The molecule has 1 saturated heterocycles. The molecule has 1 unspecified atom stereocenters. The van der Waals surface area contributed by atoms with E-state index in [9.17, 15) is 9.59 Å². The molecule has 3 aliphatic heterocycles. The van der Waals surface area contributed by atoms with Gasteiger partial charge in [-0.25, -0.2) is 4.68 Å². The number of benzene rings is 1. The lowest BCUT2D eigenvalue weighted by Gasteiger charge is -2.37. The zero-order valence-electron chi connectivity index (χ0n) is 17.7. The molecule has 1 aromatic heterocycles. The molecule has 7 nitrogen and oxygen atoms in total. The Hall–Kier alpha value is -2.16. The number of carbonyl (C=O) groups excluding carboxylic acids is 1. The fourth-order valence-electron chi connectivity index (χ4n) is 4.61. The smallest absolute Gasteiger partial charge is 0.267 e. The van der Waals surface area contributed by atoms with E-state index >= 15 is 0 Å². The van der Waals surface area contributed by atoms with Gasteiger partial charge in [-0.15, -0.1) is 0 Å². The SMILES string of the molecule is O=C(C1OCCc2ccccc21)N1CCN(CCn2nc3c(cc2=O)CSCC3)CC1. The number of ether oxygens (including phenoxy) is 1. The molecule has 5 rings (SSSR count). The van der Waals surface area contributed by atoms with Crippen LogP contribution in [0, 0.1) is 0 Å². The van der Waals surface area contributed by atoms with Crippen molar-refractivity contribution >= 4 is 17.7 Å². The second kappa shape index (κ2) is 9.14. The number of hydrogen-bond acceptors (Lipinski definition) is 6. The lowest BCUT2D eigenvalue weighted by Crippen LogP contribution is -2.51. The molecule has 4 heterocycles. The first kappa shape index (κ1) is 20.7. The maximum Gasteiger partial charge on any atom is 0.267 e. The Balaban J connectivity index is 1.16. The van der Waals surface area contributed by atoms with Gasteiger partial charge < -0.3 is 9.64 Å². The highest BCUT2D eigenvalue weighted by Crippen LogP contribution is 2.29. The van der Waals surface area contributed by atoms with Crippen LogP contribution in [0.15, 0.2) is 35.1 Å². The molecule has 1 amide bonds. The van der Waals surface area contributed by atoms with E-state index in [-0.39, 0.29) is 11.5 Å². The maximum absolute atomic E-state index is 13.1. The van der Waals surface area contributed by atoms with Crippen LogP contribution >= 0.6 is 11.8 Å². The summed E-state index contributed by atoms with van der Waals surface area (Å²) in [6.07, 6.45) is 1.32. The van der Waals surface area contributed by atoms with Gasteiger partial charge in [-0.1, -0.05) is 24.3 Å². The fourth-order valence-corrected chi connectivity index (χ4v) is 5.56. The van der Waals surface area contributed by atoms with Crippen molar-refractivity contribution in [1.29, 1.82) is 0 Å². The Labute approximate surface area is 186 Å². The van der Waals surface area contributed by atoms with E-state index in [2.05, 4.69) is 16.1 Å². The molecule has 0 N–H and O–H groups in total. The van der Waals surface area contributed by atoms with Crippen molar-refractivity contribution in [3.63, 3.8) is 0 Å². The molecule has 0 aliphatic carbocycles. The normalized spacial score (nSPS) is 21.4. The predicted molar refractivity (Wildman–Crippen MR) is 120 cm³/mol. The lowest BCUT2D eigenvalue weighted by molar-refractivity contribution is -0.147. The van der Waals surface area contributed by atoms with Gasteiger partial charge in [-0.3, -0.25) is 14.5 Å². The average Bonchev–Trinajstić information content (AvgIpc) is 2.82. The number of hydrogen-bond donors (Lipinski definition) is 0. The number of aromatic nitrogens is 2.